The highest BCUT2D eigenvalue weighted by Crippen LogP contribution is 2.37. The molecule has 0 unspecified atom stereocenters. The predicted octanol–water partition coefficient (Wildman–Crippen LogP) is 8.70. The van der Waals surface area contributed by atoms with E-state index < -0.39 is 0 Å². The maximum absolute atomic E-state index is 5.13. The smallest absolute Gasteiger partial charge is 0.182 e. The fraction of sp³-hybridized carbons (Fsp3) is 0. The average Bonchev–Trinajstić information content (AvgIpc) is 3.12. The van der Waals surface area contributed by atoms with Gasteiger partial charge < -0.3 is 0 Å². The molecule has 0 bridgehead atoms. The molecular weight excluding hydrogens is 540 g/mol. The zero-order valence-corrected chi connectivity index (χ0v) is 23.5. The second kappa shape index (κ2) is 10.9. The second-order valence-electron chi connectivity index (χ2n) is 10.4. The fourth-order valence-electron chi connectivity index (χ4n) is 5.51. The number of fused-ring (bicyclic) bond motifs is 3. The number of benzene rings is 4. The highest BCUT2D eigenvalue weighted by atomic mass is 15.1. The minimum Gasteiger partial charge on any atom is -0.253 e. The van der Waals surface area contributed by atoms with Crippen molar-refractivity contribution in [3.8, 4) is 56.8 Å². The van der Waals surface area contributed by atoms with Crippen LogP contribution < -0.4 is 0 Å². The average molecular weight is 565 g/mol. The molecule has 0 saturated carbocycles. The number of pyridine rings is 3. The van der Waals surface area contributed by atoms with E-state index in [0.29, 0.717) is 28.9 Å². The molecule has 0 atom stereocenters. The van der Waals surface area contributed by atoms with E-state index in [2.05, 4.69) is 88.8 Å². The minimum absolute atomic E-state index is 0.497. The van der Waals surface area contributed by atoms with E-state index in [0.717, 1.165) is 38.9 Å². The third-order valence-corrected chi connectivity index (χ3v) is 7.65. The van der Waals surface area contributed by atoms with Crippen molar-refractivity contribution in [2.24, 2.45) is 0 Å². The summed E-state index contributed by atoms with van der Waals surface area (Å²) in [5, 5.41) is 3.55. The van der Waals surface area contributed by atoms with Gasteiger partial charge in [0.25, 0.3) is 0 Å². The van der Waals surface area contributed by atoms with Gasteiger partial charge in [-0.1, -0.05) is 97.1 Å². The molecule has 206 valence electrons. The lowest BCUT2D eigenvalue weighted by Gasteiger charge is -2.13. The van der Waals surface area contributed by atoms with Crippen molar-refractivity contribution < 1.29 is 0 Å². The Kier molecular flexibility index (Phi) is 6.35. The van der Waals surface area contributed by atoms with Gasteiger partial charge in [-0.2, -0.15) is 0 Å². The Hall–Kier alpha value is -6.14. The third kappa shape index (κ3) is 4.74. The van der Waals surface area contributed by atoms with Crippen LogP contribution in [0, 0.1) is 0 Å². The zero-order chi connectivity index (χ0) is 29.3. The van der Waals surface area contributed by atoms with Gasteiger partial charge >= 0.3 is 0 Å². The summed E-state index contributed by atoms with van der Waals surface area (Å²) >= 11 is 0. The molecule has 0 saturated heterocycles. The van der Waals surface area contributed by atoms with E-state index in [4.69, 9.17) is 19.9 Å². The van der Waals surface area contributed by atoms with Crippen LogP contribution >= 0.6 is 0 Å². The minimum atomic E-state index is 0.497. The number of rotatable bonds is 5. The zero-order valence-electron chi connectivity index (χ0n) is 23.5. The standard InChI is InChI=1S/C38H24N6/c1-2-10-25(11-3-1)30-24-34(41-31-21-20-26-12-4-5-13-29(26)35(30)31)27-16-18-28(19-17-27)36-42-37(32-14-6-8-22-39-32)44-38(43-36)33-15-7-9-23-40-33/h1-24H. The number of nitrogens with zero attached hydrogens (tertiary/aromatic N) is 6. The van der Waals surface area contributed by atoms with Gasteiger partial charge in [-0.15, -0.1) is 0 Å². The molecule has 4 aromatic carbocycles. The predicted molar refractivity (Wildman–Crippen MR) is 175 cm³/mol. The molecule has 0 radical (unpaired) electrons. The third-order valence-electron chi connectivity index (χ3n) is 7.65. The maximum atomic E-state index is 5.13. The molecule has 0 spiro atoms. The molecule has 8 aromatic rings. The molecule has 44 heavy (non-hydrogen) atoms. The molecule has 0 fully saturated rings. The SMILES string of the molecule is c1ccc(-c2cc(-c3ccc(-c4nc(-c5ccccn5)nc(-c5ccccn5)n4)cc3)nc3ccc4ccccc4c23)cc1. The van der Waals surface area contributed by atoms with E-state index in [1.807, 2.05) is 54.6 Å². The van der Waals surface area contributed by atoms with Crippen LogP contribution in [0.3, 0.4) is 0 Å². The topological polar surface area (TPSA) is 77.3 Å². The summed E-state index contributed by atoms with van der Waals surface area (Å²) in [5.74, 6) is 1.54. The van der Waals surface area contributed by atoms with Crippen molar-refractivity contribution >= 4 is 21.7 Å². The van der Waals surface area contributed by atoms with Crippen LogP contribution in [-0.2, 0) is 0 Å². The van der Waals surface area contributed by atoms with E-state index in [-0.39, 0.29) is 0 Å². The fourth-order valence-corrected chi connectivity index (χ4v) is 5.51. The Morgan fingerprint density at radius 1 is 0.386 bits per heavy atom. The largest absolute Gasteiger partial charge is 0.253 e. The highest BCUT2D eigenvalue weighted by molar-refractivity contribution is 6.13. The summed E-state index contributed by atoms with van der Waals surface area (Å²) in [6.07, 6.45) is 3.47. The van der Waals surface area contributed by atoms with Gasteiger partial charge in [0.1, 0.15) is 11.4 Å². The summed E-state index contributed by atoms with van der Waals surface area (Å²) in [7, 11) is 0. The molecule has 0 aliphatic rings. The lowest BCUT2D eigenvalue weighted by molar-refractivity contribution is 1.05. The molecule has 6 nitrogen and oxygen atoms in total. The quantitative estimate of drug-likeness (QED) is 0.195. The van der Waals surface area contributed by atoms with Gasteiger partial charge in [0.05, 0.1) is 11.2 Å². The van der Waals surface area contributed by atoms with Gasteiger partial charge in [-0.25, -0.2) is 19.9 Å². The first-order valence-electron chi connectivity index (χ1n) is 14.4. The summed E-state index contributed by atoms with van der Waals surface area (Å²) in [4.78, 5) is 28.4. The first-order valence-corrected chi connectivity index (χ1v) is 14.4. The maximum Gasteiger partial charge on any atom is 0.182 e. The van der Waals surface area contributed by atoms with Crippen LogP contribution in [0.4, 0.5) is 0 Å². The van der Waals surface area contributed by atoms with Crippen molar-refractivity contribution in [2.75, 3.05) is 0 Å². The Morgan fingerprint density at radius 2 is 1.00 bits per heavy atom. The van der Waals surface area contributed by atoms with Crippen molar-refractivity contribution in [3.05, 3.63) is 146 Å². The van der Waals surface area contributed by atoms with Crippen LogP contribution in [-0.4, -0.2) is 29.9 Å². The number of hydrogen-bond donors (Lipinski definition) is 0. The molecule has 0 aliphatic carbocycles. The van der Waals surface area contributed by atoms with Gasteiger partial charge in [-0.3, -0.25) is 9.97 Å². The molecular formula is C38H24N6. The van der Waals surface area contributed by atoms with Gasteiger partial charge in [-0.05, 0) is 58.3 Å². The van der Waals surface area contributed by atoms with E-state index in [9.17, 15) is 0 Å². The number of hydrogen-bond acceptors (Lipinski definition) is 6. The molecule has 8 rings (SSSR count). The summed E-state index contributed by atoms with van der Waals surface area (Å²) < 4.78 is 0. The van der Waals surface area contributed by atoms with Gasteiger partial charge in [0.2, 0.25) is 0 Å². The molecule has 6 heteroatoms. The van der Waals surface area contributed by atoms with Crippen molar-refractivity contribution in [1.82, 2.24) is 29.9 Å². The van der Waals surface area contributed by atoms with Crippen LogP contribution in [0.2, 0.25) is 0 Å². The monoisotopic (exact) mass is 564 g/mol. The first kappa shape index (κ1) is 25.6. The van der Waals surface area contributed by atoms with Crippen LogP contribution in [0.15, 0.2) is 146 Å². The lowest BCUT2D eigenvalue weighted by atomic mass is 9.94. The van der Waals surface area contributed by atoms with Crippen molar-refractivity contribution in [1.29, 1.82) is 0 Å². The van der Waals surface area contributed by atoms with Gasteiger partial charge in [0, 0.05) is 28.9 Å². The van der Waals surface area contributed by atoms with Crippen LogP contribution in [0.5, 0.6) is 0 Å². The highest BCUT2D eigenvalue weighted by Gasteiger charge is 2.15. The Morgan fingerprint density at radius 3 is 1.68 bits per heavy atom. The molecule has 4 aromatic heterocycles. The Bertz CT molecular complexity index is 2200. The van der Waals surface area contributed by atoms with E-state index in [1.54, 1.807) is 12.4 Å². The Labute approximate surface area is 253 Å². The summed E-state index contributed by atoms with van der Waals surface area (Å²) in [6, 6.07) is 45.0. The van der Waals surface area contributed by atoms with Crippen LogP contribution in [0.1, 0.15) is 0 Å². The van der Waals surface area contributed by atoms with Crippen LogP contribution in [0.25, 0.3) is 78.5 Å². The molecule has 4 heterocycles. The second-order valence-corrected chi connectivity index (χ2v) is 10.4. The van der Waals surface area contributed by atoms with Crippen molar-refractivity contribution in [3.63, 3.8) is 0 Å². The summed E-state index contributed by atoms with van der Waals surface area (Å²) in [6.45, 7) is 0. The Balaban J connectivity index is 1.25. The lowest BCUT2D eigenvalue weighted by Crippen LogP contribution is -2.01. The normalized spacial score (nSPS) is 11.2. The molecule has 0 aliphatic heterocycles. The van der Waals surface area contributed by atoms with Crippen molar-refractivity contribution in [2.45, 2.75) is 0 Å². The first-order chi connectivity index (χ1) is 21.8. The summed E-state index contributed by atoms with van der Waals surface area (Å²) in [5.41, 5.74) is 7.38. The van der Waals surface area contributed by atoms with E-state index in [1.165, 1.54) is 10.8 Å². The van der Waals surface area contributed by atoms with Gasteiger partial charge in [0.15, 0.2) is 17.5 Å². The molecule has 0 amide bonds. The number of aromatic nitrogens is 6. The molecule has 0 N–H and O–H groups in total. The van der Waals surface area contributed by atoms with E-state index >= 15 is 0 Å².